The highest BCUT2D eigenvalue weighted by molar-refractivity contribution is 9.08. The summed E-state index contributed by atoms with van der Waals surface area (Å²) in [6.45, 7) is 0. The normalized spacial score (nSPS) is 9.40. The fraction of sp³-hybridized carbons (Fsp3) is 0.167. The molecular weight excluding hydrogens is 196 g/mol. The van der Waals surface area contributed by atoms with Crippen molar-refractivity contribution in [2.75, 3.05) is 0 Å². The zero-order valence-electron chi connectivity index (χ0n) is 5.22. The molecule has 0 aromatic carbocycles. The van der Waals surface area contributed by atoms with E-state index in [1.165, 1.54) is 0 Å². The van der Waals surface area contributed by atoms with Crippen molar-refractivity contribution in [3.05, 3.63) is 23.9 Å². The van der Waals surface area contributed by atoms with E-state index in [-0.39, 0.29) is 0 Å². The maximum Gasteiger partial charge on any atom is 0.411 e. The Balaban J connectivity index is 2.87. The van der Waals surface area contributed by atoms with Gasteiger partial charge in [-0.2, -0.15) is 0 Å². The van der Waals surface area contributed by atoms with Crippen LogP contribution in [0.15, 0.2) is 18.3 Å². The van der Waals surface area contributed by atoms with E-state index in [4.69, 9.17) is 0 Å². The maximum absolute atomic E-state index is 11.8. The second-order valence-corrected chi connectivity index (χ2v) is 2.39. The van der Waals surface area contributed by atoms with Crippen molar-refractivity contribution in [2.24, 2.45) is 0 Å². The molecule has 0 fully saturated rings. The van der Waals surface area contributed by atoms with Crippen LogP contribution in [0.4, 0.5) is 4.32 Å². The van der Waals surface area contributed by atoms with E-state index in [0.717, 1.165) is 10.9 Å². The Bertz CT molecular complexity index is 199. The van der Waals surface area contributed by atoms with Gasteiger partial charge in [0.25, 0.3) is 0 Å². The highest BCUT2D eigenvalue weighted by Gasteiger charge is 1.96. The molecule has 1 aromatic rings. The predicted octanol–water partition coefficient (Wildman–Crippen LogP) is 1.19. The van der Waals surface area contributed by atoms with Gasteiger partial charge in [0, 0.05) is 17.1 Å². The molecule has 1 nitrogen and oxygen atoms in total. The minimum absolute atomic E-state index is 0.372. The van der Waals surface area contributed by atoms with Crippen molar-refractivity contribution in [1.82, 2.24) is 4.98 Å². The van der Waals surface area contributed by atoms with Crippen molar-refractivity contribution in [2.45, 2.75) is 5.33 Å². The third-order valence-electron chi connectivity index (χ3n) is 1.11. The molecular formula is C6H5BBrFN. The Kier molecular flexibility index (Phi) is 2.87. The lowest BCUT2D eigenvalue weighted by Crippen LogP contribution is -2.14. The zero-order chi connectivity index (χ0) is 7.40. The van der Waals surface area contributed by atoms with Crippen LogP contribution in [0.5, 0.6) is 0 Å². The van der Waals surface area contributed by atoms with Gasteiger partial charge in [0.05, 0.1) is 0 Å². The van der Waals surface area contributed by atoms with Crippen LogP contribution in [0, 0.1) is 0 Å². The minimum Gasteiger partial charge on any atom is -0.333 e. The molecule has 0 unspecified atom stereocenters. The second kappa shape index (κ2) is 3.71. The van der Waals surface area contributed by atoms with Gasteiger partial charge in [-0.25, -0.2) is 0 Å². The van der Waals surface area contributed by atoms with E-state index < -0.39 is 0 Å². The summed E-state index contributed by atoms with van der Waals surface area (Å²) in [4.78, 5) is 3.75. The van der Waals surface area contributed by atoms with Gasteiger partial charge >= 0.3 is 7.56 Å². The van der Waals surface area contributed by atoms with Crippen molar-refractivity contribution in [1.29, 1.82) is 0 Å². The number of aromatic nitrogens is 1. The molecule has 10 heavy (non-hydrogen) atoms. The Morgan fingerprint density at radius 3 is 3.10 bits per heavy atom. The summed E-state index contributed by atoms with van der Waals surface area (Å²) in [7, 11) is 0.492. The number of halogens is 2. The summed E-state index contributed by atoms with van der Waals surface area (Å²) >= 11 is 3.26. The Morgan fingerprint density at radius 1 is 1.70 bits per heavy atom. The SMILES string of the molecule is F[B]c1cc(CBr)ccn1. The number of rotatable bonds is 2. The van der Waals surface area contributed by atoms with Crippen LogP contribution in [-0.4, -0.2) is 12.5 Å². The molecule has 0 bridgehead atoms. The smallest absolute Gasteiger partial charge is 0.333 e. The first-order valence-corrected chi connectivity index (χ1v) is 3.93. The summed E-state index contributed by atoms with van der Waals surface area (Å²) in [5, 5.41) is 0.732. The first-order chi connectivity index (χ1) is 4.86. The van der Waals surface area contributed by atoms with Gasteiger partial charge in [-0.05, 0) is 17.7 Å². The zero-order valence-corrected chi connectivity index (χ0v) is 6.81. The Hall–Kier alpha value is -0.375. The van der Waals surface area contributed by atoms with Gasteiger partial charge in [-0.3, -0.25) is 4.98 Å². The summed E-state index contributed by atoms with van der Waals surface area (Å²) in [6, 6.07) is 3.52. The molecule has 0 aliphatic rings. The molecule has 1 rings (SSSR count). The topological polar surface area (TPSA) is 12.9 Å². The minimum atomic E-state index is 0.372. The van der Waals surface area contributed by atoms with Gasteiger partial charge in [0.15, 0.2) is 0 Å². The number of hydrogen-bond donors (Lipinski definition) is 0. The number of hydrogen-bond acceptors (Lipinski definition) is 1. The summed E-state index contributed by atoms with van der Waals surface area (Å²) in [5.41, 5.74) is 1.40. The number of nitrogens with zero attached hydrogens (tertiary/aromatic N) is 1. The molecule has 1 aromatic heterocycles. The molecule has 0 atom stereocenters. The van der Waals surface area contributed by atoms with Gasteiger partial charge in [0.2, 0.25) is 0 Å². The number of alkyl halides is 1. The highest BCUT2D eigenvalue weighted by Crippen LogP contribution is 2.00. The van der Waals surface area contributed by atoms with E-state index in [1.54, 1.807) is 12.3 Å². The monoisotopic (exact) mass is 200 g/mol. The molecule has 0 aliphatic carbocycles. The van der Waals surface area contributed by atoms with Crippen LogP contribution in [-0.2, 0) is 5.33 Å². The van der Waals surface area contributed by atoms with Crippen LogP contribution in [0.3, 0.4) is 0 Å². The van der Waals surface area contributed by atoms with Crippen molar-refractivity contribution < 1.29 is 4.32 Å². The molecule has 0 saturated carbocycles. The van der Waals surface area contributed by atoms with E-state index in [1.807, 2.05) is 6.07 Å². The van der Waals surface area contributed by atoms with Gasteiger partial charge in [-0.1, -0.05) is 15.9 Å². The van der Waals surface area contributed by atoms with Gasteiger partial charge in [-0.15, -0.1) is 0 Å². The fourth-order valence-electron chi connectivity index (χ4n) is 0.637. The first-order valence-electron chi connectivity index (χ1n) is 2.81. The Labute approximate surface area is 68.1 Å². The molecule has 0 aliphatic heterocycles. The molecule has 1 radical (unpaired) electrons. The largest absolute Gasteiger partial charge is 0.411 e. The third kappa shape index (κ3) is 1.80. The van der Waals surface area contributed by atoms with Crippen LogP contribution in [0.1, 0.15) is 5.56 Å². The summed E-state index contributed by atoms with van der Waals surface area (Å²) < 4.78 is 11.8. The standard InChI is InChI=1S/C6H5BBrFN/c8-4-5-1-2-10-6(3-5)7-9/h1-3H,4H2. The molecule has 4 heteroatoms. The molecule has 0 saturated heterocycles. The lowest BCUT2D eigenvalue weighted by Gasteiger charge is -1.94. The molecule has 0 N–H and O–H groups in total. The van der Waals surface area contributed by atoms with Crippen LogP contribution in [0.25, 0.3) is 0 Å². The van der Waals surface area contributed by atoms with Gasteiger partial charge < -0.3 is 4.32 Å². The maximum atomic E-state index is 11.8. The van der Waals surface area contributed by atoms with Crippen LogP contribution >= 0.6 is 15.9 Å². The average Bonchev–Trinajstić information content (AvgIpc) is 2.05. The lowest BCUT2D eigenvalue weighted by molar-refractivity contribution is 0.881. The third-order valence-corrected chi connectivity index (χ3v) is 1.76. The van der Waals surface area contributed by atoms with E-state index in [2.05, 4.69) is 20.9 Å². The summed E-state index contributed by atoms with van der Waals surface area (Å²) in [5.74, 6) is 0. The van der Waals surface area contributed by atoms with Crippen LogP contribution < -0.4 is 5.59 Å². The van der Waals surface area contributed by atoms with E-state index in [0.29, 0.717) is 13.1 Å². The van der Waals surface area contributed by atoms with Crippen molar-refractivity contribution in [3.63, 3.8) is 0 Å². The van der Waals surface area contributed by atoms with E-state index >= 15 is 0 Å². The quantitative estimate of drug-likeness (QED) is 0.517. The lowest BCUT2D eigenvalue weighted by atomic mass is 9.97. The highest BCUT2D eigenvalue weighted by atomic mass is 79.9. The van der Waals surface area contributed by atoms with Gasteiger partial charge in [0.1, 0.15) is 0 Å². The summed E-state index contributed by atoms with van der Waals surface area (Å²) in [6.07, 6.45) is 1.59. The molecule has 1 heterocycles. The van der Waals surface area contributed by atoms with Crippen molar-refractivity contribution in [3.8, 4) is 0 Å². The molecule has 0 amide bonds. The molecule has 0 spiro atoms. The molecule has 51 valence electrons. The van der Waals surface area contributed by atoms with Crippen molar-refractivity contribution >= 4 is 29.1 Å². The first kappa shape index (κ1) is 7.73. The predicted molar refractivity (Wildman–Crippen MR) is 43.4 cm³/mol. The Morgan fingerprint density at radius 2 is 2.50 bits per heavy atom. The number of pyridine rings is 1. The van der Waals surface area contributed by atoms with Crippen LogP contribution in [0.2, 0.25) is 0 Å². The second-order valence-electron chi connectivity index (χ2n) is 1.83. The average molecular weight is 201 g/mol. The fourth-order valence-corrected chi connectivity index (χ4v) is 0.986. The van der Waals surface area contributed by atoms with E-state index in [9.17, 15) is 4.32 Å².